The minimum Gasteiger partial charge on any atom is -0.365 e. The maximum Gasteiger partial charge on any atom is 0.272 e. The fourth-order valence-electron chi connectivity index (χ4n) is 2.52. The summed E-state index contributed by atoms with van der Waals surface area (Å²) in [5.74, 6) is 0.398. The maximum absolute atomic E-state index is 12.1. The molecule has 1 aromatic heterocycles. The van der Waals surface area contributed by atoms with Crippen LogP contribution in [0.1, 0.15) is 22.5 Å². The normalized spacial score (nSPS) is 18.7. The van der Waals surface area contributed by atoms with Crippen LogP contribution in [0.25, 0.3) is 0 Å². The molecule has 1 amide bonds. The molecule has 0 radical (unpaired) electrons. The summed E-state index contributed by atoms with van der Waals surface area (Å²) < 4.78 is 22.9. The third-order valence-corrected chi connectivity index (χ3v) is 5.87. The van der Waals surface area contributed by atoms with E-state index >= 15 is 0 Å². The van der Waals surface area contributed by atoms with E-state index in [1.165, 1.54) is 0 Å². The highest BCUT2D eigenvalue weighted by Crippen LogP contribution is 2.16. The number of aromatic nitrogens is 2. The standard InChI is InChI=1S/C16H17ClN4O3S/c17-12-3-1-11(2-4-12)9-18-16(22)14-5-6-15(21-20-14)19-13-7-8-25(23,24)10-13/h1-6,13H,7-10H2,(H,18,22)(H,19,21). The molecule has 1 aliphatic heterocycles. The van der Waals surface area contributed by atoms with Gasteiger partial charge < -0.3 is 10.6 Å². The first-order valence-corrected chi connectivity index (χ1v) is 9.94. The van der Waals surface area contributed by atoms with Gasteiger partial charge in [-0.25, -0.2) is 8.42 Å². The van der Waals surface area contributed by atoms with Crippen molar-refractivity contribution < 1.29 is 13.2 Å². The van der Waals surface area contributed by atoms with Gasteiger partial charge in [0.1, 0.15) is 5.82 Å². The minimum atomic E-state index is -2.96. The second-order valence-electron chi connectivity index (χ2n) is 5.86. The number of hydrogen-bond acceptors (Lipinski definition) is 6. The Labute approximate surface area is 150 Å². The molecule has 0 bridgehead atoms. The average Bonchev–Trinajstić information content (AvgIpc) is 2.93. The van der Waals surface area contributed by atoms with Crippen molar-refractivity contribution in [3.05, 3.63) is 52.7 Å². The van der Waals surface area contributed by atoms with Crippen LogP contribution >= 0.6 is 11.6 Å². The molecule has 1 aliphatic rings. The fourth-order valence-corrected chi connectivity index (χ4v) is 4.32. The predicted molar refractivity (Wildman–Crippen MR) is 95.3 cm³/mol. The molecule has 0 saturated carbocycles. The number of anilines is 1. The highest BCUT2D eigenvalue weighted by Gasteiger charge is 2.28. The Balaban J connectivity index is 1.54. The molecule has 9 heteroatoms. The van der Waals surface area contributed by atoms with Gasteiger partial charge in [-0.15, -0.1) is 10.2 Å². The maximum atomic E-state index is 12.1. The van der Waals surface area contributed by atoms with Gasteiger partial charge in [0.05, 0.1) is 11.5 Å². The lowest BCUT2D eigenvalue weighted by molar-refractivity contribution is 0.0945. The second-order valence-corrected chi connectivity index (χ2v) is 8.52. The van der Waals surface area contributed by atoms with E-state index in [2.05, 4.69) is 20.8 Å². The van der Waals surface area contributed by atoms with E-state index in [1.54, 1.807) is 24.3 Å². The summed E-state index contributed by atoms with van der Waals surface area (Å²) in [6.45, 7) is 0.359. The molecule has 1 atom stereocenters. The zero-order chi connectivity index (χ0) is 17.9. The summed E-state index contributed by atoms with van der Waals surface area (Å²) >= 11 is 5.82. The molecule has 0 spiro atoms. The Kier molecular flexibility index (Phi) is 5.19. The highest BCUT2D eigenvalue weighted by atomic mass is 35.5. The topological polar surface area (TPSA) is 101 Å². The second kappa shape index (κ2) is 7.37. The van der Waals surface area contributed by atoms with Gasteiger partial charge in [0.25, 0.3) is 5.91 Å². The lowest BCUT2D eigenvalue weighted by atomic mass is 10.2. The van der Waals surface area contributed by atoms with Crippen LogP contribution in [0.3, 0.4) is 0 Å². The van der Waals surface area contributed by atoms with Crippen molar-refractivity contribution in [1.29, 1.82) is 0 Å². The molecule has 1 fully saturated rings. The number of benzene rings is 1. The van der Waals surface area contributed by atoms with E-state index in [9.17, 15) is 13.2 Å². The van der Waals surface area contributed by atoms with Crippen LogP contribution in [-0.2, 0) is 16.4 Å². The molecule has 3 rings (SSSR count). The number of sulfone groups is 1. The number of amides is 1. The lowest BCUT2D eigenvalue weighted by Crippen LogP contribution is -2.25. The Morgan fingerprint density at radius 1 is 1.16 bits per heavy atom. The van der Waals surface area contributed by atoms with E-state index < -0.39 is 9.84 Å². The van der Waals surface area contributed by atoms with Gasteiger partial charge in [0.2, 0.25) is 0 Å². The van der Waals surface area contributed by atoms with Gasteiger partial charge in [0, 0.05) is 17.6 Å². The largest absolute Gasteiger partial charge is 0.365 e. The molecule has 1 unspecified atom stereocenters. The van der Waals surface area contributed by atoms with Crippen molar-refractivity contribution in [3.8, 4) is 0 Å². The number of carbonyl (C=O) groups is 1. The predicted octanol–water partition coefficient (Wildman–Crippen LogP) is 1.66. The van der Waals surface area contributed by atoms with Crippen LogP contribution in [0.2, 0.25) is 5.02 Å². The molecule has 0 aliphatic carbocycles. The van der Waals surface area contributed by atoms with Crippen molar-refractivity contribution in [1.82, 2.24) is 15.5 Å². The van der Waals surface area contributed by atoms with Crippen LogP contribution in [0, 0.1) is 0 Å². The molecule has 2 heterocycles. The van der Waals surface area contributed by atoms with Gasteiger partial charge in [-0.1, -0.05) is 23.7 Å². The van der Waals surface area contributed by atoms with Crippen molar-refractivity contribution in [2.24, 2.45) is 0 Å². The van der Waals surface area contributed by atoms with Gasteiger partial charge in [-0.3, -0.25) is 4.79 Å². The number of hydrogen-bond donors (Lipinski definition) is 2. The summed E-state index contributed by atoms with van der Waals surface area (Å²) in [5.41, 5.74) is 1.12. The summed E-state index contributed by atoms with van der Waals surface area (Å²) in [6.07, 6.45) is 0.549. The van der Waals surface area contributed by atoms with Gasteiger partial charge in [-0.05, 0) is 36.2 Å². The first kappa shape index (κ1) is 17.6. The number of nitrogens with one attached hydrogen (secondary N) is 2. The van der Waals surface area contributed by atoms with Crippen molar-refractivity contribution in [3.63, 3.8) is 0 Å². The molecule has 7 nitrogen and oxygen atoms in total. The SMILES string of the molecule is O=C(NCc1ccc(Cl)cc1)c1ccc(NC2CCS(=O)(=O)C2)nn1. The highest BCUT2D eigenvalue weighted by molar-refractivity contribution is 7.91. The number of halogens is 1. The Hall–Kier alpha value is -2.19. The lowest BCUT2D eigenvalue weighted by Gasteiger charge is -2.11. The zero-order valence-corrected chi connectivity index (χ0v) is 14.8. The molecular weight excluding hydrogens is 364 g/mol. The fraction of sp³-hybridized carbons (Fsp3) is 0.312. The van der Waals surface area contributed by atoms with Crippen molar-refractivity contribution in [2.45, 2.75) is 19.0 Å². The molecule has 2 aromatic rings. The van der Waals surface area contributed by atoms with E-state index in [0.717, 1.165) is 5.56 Å². The smallest absolute Gasteiger partial charge is 0.272 e. The number of carbonyl (C=O) groups excluding carboxylic acids is 1. The van der Waals surface area contributed by atoms with Crippen LogP contribution < -0.4 is 10.6 Å². The first-order chi connectivity index (χ1) is 11.9. The molecular formula is C16H17ClN4O3S. The van der Waals surface area contributed by atoms with E-state index in [0.29, 0.717) is 23.8 Å². The van der Waals surface area contributed by atoms with Gasteiger partial charge in [-0.2, -0.15) is 0 Å². The summed E-state index contributed by atoms with van der Waals surface area (Å²) in [4.78, 5) is 12.1. The Bertz CT molecular complexity index is 854. The molecule has 2 N–H and O–H groups in total. The quantitative estimate of drug-likeness (QED) is 0.818. The monoisotopic (exact) mass is 380 g/mol. The Morgan fingerprint density at radius 3 is 2.52 bits per heavy atom. The molecule has 1 aromatic carbocycles. The average molecular weight is 381 g/mol. The number of rotatable bonds is 5. The van der Waals surface area contributed by atoms with E-state index in [4.69, 9.17) is 11.6 Å². The van der Waals surface area contributed by atoms with E-state index in [1.807, 2.05) is 12.1 Å². The summed E-state index contributed by atoms with van der Waals surface area (Å²) in [7, 11) is -2.96. The Morgan fingerprint density at radius 2 is 1.92 bits per heavy atom. The van der Waals surface area contributed by atoms with E-state index in [-0.39, 0.29) is 29.1 Å². The van der Waals surface area contributed by atoms with Gasteiger partial charge in [0.15, 0.2) is 15.5 Å². The minimum absolute atomic E-state index is 0.0952. The van der Waals surface area contributed by atoms with Crippen LogP contribution in [0.5, 0.6) is 0 Å². The first-order valence-electron chi connectivity index (χ1n) is 7.75. The number of nitrogens with zero attached hydrogens (tertiary/aromatic N) is 2. The molecule has 25 heavy (non-hydrogen) atoms. The van der Waals surface area contributed by atoms with Crippen LogP contribution in [0.4, 0.5) is 5.82 Å². The molecule has 1 saturated heterocycles. The summed E-state index contributed by atoms with van der Waals surface area (Å²) in [5, 5.41) is 14.3. The zero-order valence-electron chi connectivity index (χ0n) is 13.3. The van der Waals surface area contributed by atoms with Crippen molar-refractivity contribution >= 4 is 33.2 Å². The third-order valence-electron chi connectivity index (χ3n) is 3.85. The van der Waals surface area contributed by atoms with Crippen molar-refractivity contribution in [2.75, 3.05) is 16.8 Å². The third kappa shape index (κ3) is 4.90. The van der Waals surface area contributed by atoms with Gasteiger partial charge >= 0.3 is 0 Å². The van der Waals surface area contributed by atoms with Crippen LogP contribution in [0.15, 0.2) is 36.4 Å². The summed E-state index contributed by atoms with van der Waals surface area (Å²) in [6, 6.07) is 10.2. The molecule has 132 valence electrons. The van der Waals surface area contributed by atoms with Crippen LogP contribution in [-0.4, -0.2) is 42.1 Å².